The molecule has 0 fully saturated rings. The monoisotopic (exact) mass is 652 g/mol. The maximum atomic E-state index is 12.9. The Bertz CT molecular complexity index is 1760. The normalized spacial score (nSPS) is 10.4. The highest BCUT2D eigenvalue weighted by molar-refractivity contribution is 6.58. The number of esters is 4. The first-order valence-electron chi connectivity index (χ1n) is 14.9. The third-order valence-electron chi connectivity index (χ3n) is 7.15. The fourth-order valence-electron chi connectivity index (χ4n) is 4.24. The van der Waals surface area contributed by atoms with E-state index in [1.54, 1.807) is 44.2 Å². The zero-order valence-corrected chi connectivity index (χ0v) is 26.3. The molecular formula is C36H33BO11. The first-order valence-corrected chi connectivity index (χ1v) is 14.9. The van der Waals surface area contributed by atoms with Gasteiger partial charge in [-0.3, -0.25) is 0 Å². The minimum absolute atomic E-state index is 0.193. The largest absolute Gasteiger partial charge is 0.494 e. The predicted octanol–water partition coefficient (Wildman–Crippen LogP) is 4.53. The van der Waals surface area contributed by atoms with Crippen molar-refractivity contribution in [2.45, 2.75) is 26.7 Å². The Kier molecular flexibility index (Phi) is 12.2. The van der Waals surface area contributed by atoms with Gasteiger partial charge in [-0.05, 0) is 116 Å². The van der Waals surface area contributed by atoms with E-state index >= 15 is 0 Å². The van der Waals surface area contributed by atoms with Gasteiger partial charge in [0.05, 0.1) is 29.9 Å². The van der Waals surface area contributed by atoms with Crippen LogP contribution in [0.4, 0.5) is 0 Å². The zero-order valence-electron chi connectivity index (χ0n) is 26.3. The van der Waals surface area contributed by atoms with Gasteiger partial charge < -0.3 is 33.7 Å². The molecule has 4 rings (SSSR count). The molecule has 11 nitrogen and oxygen atoms in total. The second kappa shape index (κ2) is 16.7. The molecule has 0 aliphatic carbocycles. The summed E-state index contributed by atoms with van der Waals surface area (Å²) in [5.41, 5.74) is 2.16. The molecular weight excluding hydrogens is 619 g/mol. The van der Waals surface area contributed by atoms with E-state index in [9.17, 15) is 29.2 Å². The highest BCUT2D eigenvalue weighted by Crippen LogP contribution is 2.30. The smallest absolute Gasteiger partial charge is 0.488 e. The molecule has 0 atom stereocenters. The standard InChI is InChI=1S/C36H33BO11/c1-4-33(38)45-22-6-5-21-44-29-15-11-27(12-16-29)36(41)48-32-20-19-31(23(2)24(32)3)47-35(40)26-9-7-25(8-10-26)34(39)46-30-17-13-28(14-18-30)37(42)43/h4,7-20,42-43H,1,5-6,21-22H2,2-3H3. The number of carbonyl (C=O) groups excluding carboxylic acids is 4. The molecule has 0 amide bonds. The van der Waals surface area contributed by atoms with E-state index in [2.05, 4.69) is 6.58 Å². The molecule has 0 radical (unpaired) electrons. The first-order chi connectivity index (χ1) is 23.0. The van der Waals surface area contributed by atoms with E-state index in [4.69, 9.17) is 23.7 Å². The van der Waals surface area contributed by atoms with E-state index in [0.29, 0.717) is 47.6 Å². The van der Waals surface area contributed by atoms with Gasteiger partial charge in [0, 0.05) is 6.08 Å². The summed E-state index contributed by atoms with van der Waals surface area (Å²) in [7, 11) is -1.63. The minimum Gasteiger partial charge on any atom is -0.494 e. The van der Waals surface area contributed by atoms with Crippen LogP contribution in [0.3, 0.4) is 0 Å². The van der Waals surface area contributed by atoms with Gasteiger partial charge in [-0.25, -0.2) is 19.2 Å². The third-order valence-corrected chi connectivity index (χ3v) is 7.15. The molecule has 0 heterocycles. The molecule has 0 aliphatic heterocycles. The van der Waals surface area contributed by atoms with Crippen molar-refractivity contribution in [2.75, 3.05) is 13.2 Å². The van der Waals surface area contributed by atoms with Crippen molar-refractivity contribution in [1.82, 2.24) is 0 Å². The lowest BCUT2D eigenvalue weighted by molar-refractivity contribution is -0.137. The Hall–Kier alpha value is -5.72. The van der Waals surface area contributed by atoms with Gasteiger partial charge in [0.15, 0.2) is 0 Å². The predicted molar refractivity (Wildman–Crippen MR) is 176 cm³/mol. The number of benzene rings is 4. The van der Waals surface area contributed by atoms with Crippen molar-refractivity contribution < 1.29 is 52.9 Å². The van der Waals surface area contributed by atoms with Gasteiger partial charge in [-0.1, -0.05) is 18.7 Å². The summed E-state index contributed by atoms with van der Waals surface area (Å²) in [4.78, 5) is 49.2. The molecule has 0 aromatic heterocycles. The quantitative estimate of drug-likeness (QED) is 0.0649. The second-order valence-electron chi connectivity index (χ2n) is 10.5. The van der Waals surface area contributed by atoms with Gasteiger partial charge in [0.25, 0.3) is 0 Å². The molecule has 4 aromatic rings. The summed E-state index contributed by atoms with van der Waals surface area (Å²) in [6.07, 6.45) is 2.44. The molecule has 246 valence electrons. The maximum Gasteiger partial charge on any atom is 0.488 e. The van der Waals surface area contributed by atoms with Crippen LogP contribution in [0.5, 0.6) is 23.0 Å². The Balaban J connectivity index is 1.28. The second-order valence-corrected chi connectivity index (χ2v) is 10.5. The molecule has 0 spiro atoms. The van der Waals surface area contributed by atoms with Gasteiger partial charge in [-0.15, -0.1) is 0 Å². The van der Waals surface area contributed by atoms with Crippen LogP contribution >= 0.6 is 0 Å². The molecule has 2 N–H and O–H groups in total. The van der Waals surface area contributed by atoms with Gasteiger partial charge >= 0.3 is 31.0 Å². The number of rotatable bonds is 14. The number of carbonyl (C=O) groups is 4. The van der Waals surface area contributed by atoms with E-state index in [-0.39, 0.29) is 34.7 Å². The van der Waals surface area contributed by atoms with Crippen LogP contribution < -0.4 is 24.4 Å². The zero-order chi connectivity index (χ0) is 34.6. The summed E-state index contributed by atoms with van der Waals surface area (Å²) in [5, 5.41) is 18.4. The highest BCUT2D eigenvalue weighted by atomic mass is 16.5. The molecule has 12 heteroatoms. The minimum atomic E-state index is -1.63. The highest BCUT2D eigenvalue weighted by Gasteiger charge is 2.18. The molecule has 0 saturated carbocycles. The van der Waals surface area contributed by atoms with Crippen molar-refractivity contribution in [3.63, 3.8) is 0 Å². The van der Waals surface area contributed by atoms with Crippen LogP contribution in [-0.4, -0.2) is 54.3 Å². The molecule has 0 aliphatic rings. The number of hydrogen-bond donors (Lipinski definition) is 2. The lowest BCUT2D eigenvalue weighted by atomic mass is 9.80. The first kappa shape index (κ1) is 35.1. The number of hydrogen-bond acceptors (Lipinski definition) is 11. The van der Waals surface area contributed by atoms with E-state index in [1.165, 1.54) is 54.6 Å². The summed E-state index contributed by atoms with van der Waals surface area (Å²) in [6, 6.07) is 21.0. The Morgan fingerprint density at radius 3 is 1.54 bits per heavy atom. The van der Waals surface area contributed by atoms with Crippen LogP contribution in [0.1, 0.15) is 55.0 Å². The van der Waals surface area contributed by atoms with Crippen LogP contribution in [0, 0.1) is 13.8 Å². The Labute approximate surface area is 277 Å². The average molecular weight is 652 g/mol. The summed E-state index contributed by atoms with van der Waals surface area (Å²) in [6.45, 7) is 7.52. The Morgan fingerprint density at radius 1 is 0.625 bits per heavy atom. The third kappa shape index (κ3) is 9.65. The molecule has 0 unspecified atom stereocenters. The van der Waals surface area contributed by atoms with E-state index in [0.717, 1.165) is 6.08 Å². The number of ether oxygens (including phenoxy) is 5. The maximum absolute atomic E-state index is 12.9. The van der Waals surface area contributed by atoms with Crippen molar-refractivity contribution in [3.8, 4) is 23.0 Å². The van der Waals surface area contributed by atoms with Crippen LogP contribution in [0.25, 0.3) is 0 Å². The van der Waals surface area contributed by atoms with Crippen molar-refractivity contribution in [3.05, 3.63) is 125 Å². The summed E-state index contributed by atoms with van der Waals surface area (Å²) >= 11 is 0. The van der Waals surface area contributed by atoms with E-state index in [1.807, 2.05) is 0 Å². The fourth-order valence-corrected chi connectivity index (χ4v) is 4.24. The van der Waals surface area contributed by atoms with Gasteiger partial charge in [0.2, 0.25) is 0 Å². The van der Waals surface area contributed by atoms with Gasteiger partial charge in [-0.2, -0.15) is 0 Å². The van der Waals surface area contributed by atoms with E-state index < -0.39 is 31.0 Å². The molecule has 4 aromatic carbocycles. The van der Waals surface area contributed by atoms with Gasteiger partial charge in [0.1, 0.15) is 23.0 Å². The molecule has 48 heavy (non-hydrogen) atoms. The number of unbranched alkanes of at least 4 members (excludes halogenated alkanes) is 1. The van der Waals surface area contributed by atoms with Crippen molar-refractivity contribution in [1.29, 1.82) is 0 Å². The van der Waals surface area contributed by atoms with Crippen molar-refractivity contribution >= 4 is 36.5 Å². The van der Waals surface area contributed by atoms with Crippen LogP contribution in [0.2, 0.25) is 0 Å². The van der Waals surface area contributed by atoms with Crippen LogP contribution in [0.15, 0.2) is 97.6 Å². The summed E-state index contributed by atoms with van der Waals surface area (Å²) < 4.78 is 27.1. The topological polar surface area (TPSA) is 155 Å². The lowest BCUT2D eigenvalue weighted by Crippen LogP contribution is -2.29. The van der Waals surface area contributed by atoms with Crippen molar-refractivity contribution in [2.24, 2.45) is 0 Å². The Morgan fingerprint density at radius 2 is 1.06 bits per heavy atom. The van der Waals surface area contributed by atoms with Crippen LogP contribution in [-0.2, 0) is 9.53 Å². The fraction of sp³-hybridized carbons (Fsp3) is 0.167. The SMILES string of the molecule is C=CC(=O)OCCCCOc1ccc(C(=O)Oc2ccc(OC(=O)c3ccc(C(=O)Oc4ccc(B(O)O)cc4)cc3)c(C)c2C)cc1. The molecule has 0 bridgehead atoms. The summed E-state index contributed by atoms with van der Waals surface area (Å²) in [5.74, 6) is -0.974. The lowest BCUT2D eigenvalue weighted by Gasteiger charge is -2.14. The average Bonchev–Trinajstić information content (AvgIpc) is 3.09. The molecule has 0 saturated heterocycles.